The number of hydrogen-bond acceptors (Lipinski definition) is 4. The summed E-state index contributed by atoms with van der Waals surface area (Å²) in [5.41, 5.74) is 2.48. The molecule has 0 bridgehead atoms. The molecule has 0 aliphatic rings. The second-order valence-electron chi connectivity index (χ2n) is 5.21. The molecule has 0 N–H and O–H groups in total. The van der Waals surface area contributed by atoms with Gasteiger partial charge in [-0.25, -0.2) is 4.89 Å². The summed E-state index contributed by atoms with van der Waals surface area (Å²) in [6.07, 6.45) is 0. The third-order valence-electron chi connectivity index (χ3n) is 3.43. The van der Waals surface area contributed by atoms with Gasteiger partial charge >= 0.3 is 7.37 Å². The summed E-state index contributed by atoms with van der Waals surface area (Å²) in [7, 11) is -2.57. The van der Waals surface area contributed by atoms with Crippen LogP contribution in [0.3, 0.4) is 0 Å². The van der Waals surface area contributed by atoms with Gasteiger partial charge in [-0.05, 0) is 44.0 Å². The number of aryl methyl sites for hydroxylation is 3. The van der Waals surface area contributed by atoms with Crippen LogP contribution in [0.2, 0.25) is 0 Å². The van der Waals surface area contributed by atoms with Crippen LogP contribution in [0.5, 0.6) is 0 Å². The van der Waals surface area contributed by atoms with Crippen molar-refractivity contribution in [3.05, 3.63) is 64.7 Å². The third kappa shape index (κ3) is 3.05. The van der Waals surface area contributed by atoms with E-state index < -0.39 is 12.9 Å². The Kier molecular flexibility index (Phi) is 4.97. The maximum absolute atomic E-state index is 13.2. The van der Waals surface area contributed by atoms with Gasteiger partial charge in [0.25, 0.3) is 5.52 Å². The van der Waals surface area contributed by atoms with Crippen molar-refractivity contribution >= 4 is 18.2 Å². The largest absolute Gasteiger partial charge is 0.329 e. The summed E-state index contributed by atoms with van der Waals surface area (Å²) in [6.45, 7) is 5.61. The number of carbonyl (C=O) groups excluding carboxylic acids is 1. The normalized spacial score (nSPS) is 13.6. The van der Waals surface area contributed by atoms with Gasteiger partial charge in [-0.3, -0.25) is 9.36 Å². The van der Waals surface area contributed by atoms with Crippen LogP contribution in [-0.2, 0) is 14.1 Å². The lowest BCUT2D eigenvalue weighted by Crippen LogP contribution is -2.17. The molecule has 22 heavy (non-hydrogen) atoms. The van der Waals surface area contributed by atoms with E-state index in [9.17, 15) is 9.36 Å². The molecule has 0 amide bonds. The highest BCUT2D eigenvalue weighted by Crippen LogP contribution is 2.50. The predicted molar refractivity (Wildman–Crippen MR) is 86.8 cm³/mol. The first-order chi connectivity index (χ1) is 10.4. The molecule has 1 unspecified atom stereocenters. The summed E-state index contributed by atoms with van der Waals surface area (Å²) < 4.78 is 18.2. The highest BCUT2D eigenvalue weighted by molar-refractivity contribution is 7.83. The molecule has 0 fully saturated rings. The maximum Gasteiger partial charge on any atom is 0.329 e. The molecule has 0 aromatic heterocycles. The molecule has 0 aliphatic heterocycles. The molecular weight excluding hydrogens is 299 g/mol. The first-order valence-electron chi connectivity index (χ1n) is 6.91. The number of hydrogen-bond donors (Lipinski definition) is 0. The Morgan fingerprint density at radius 1 is 1.00 bits per heavy atom. The van der Waals surface area contributed by atoms with Gasteiger partial charge in [0.2, 0.25) is 0 Å². The monoisotopic (exact) mass is 318 g/mol. The van der Waals surface area contributed by atoms with E-state index in [-0.39, 0.29) is 0 Å². The minimum absolute atomic E-state index is 0.321. The van der Waals surface area contributed by atoms with Crippen molar-refractivity contribution in [2.45, 2.75) is 20.8 Å². The van der Waals surface area contributed by atoms with Gasteiger partial charge in [-0.15, -0.1) is 0 Å². The van der Waals surface area contributed by atoms with Crippen molar-refractivity contribution < 1.29 is 18.9 Å². The van der Waals surface area contributed by atoms with Gasteiger partial charge in [-0.2, -0.15) is 4.67 Å². The van der Waals surface area contributed by atoms with E-state index in [1.54, 1.807) is 30.3 Å². The zero-order chi connectivity index (χ0) is 16.3. The first-order valence-corrected chi connectivity index (χ1v) is 8.53. The number of benzene rings is 2. The van der Waals surface area contributed by atoms with E-state index in [4.69, 9.17) is 4.67 Å². The highest BCUT2D eigenvalue weighted by atomic mass is 31.2. The summed E-state index contributed by atoms with van der Waals surface area (Å²) >= 11 is 0. The summed E-state index contributed by atoms with van der Waals surface area (Å²) in [6, 6.07) is 12.2. The number of rotatable bonds is 5. The average Bonchev–Trinajstić information content (AvgIpc) is 2.47. The smallest absolute Gasteiger partial charge is 0.282 e. The molecule has 0 spiro atoms. The van der Waals surface area contributed by atoms with Gasteiger partial charge < -0.3 is 0 Å². The molecule has 0 radical (unpaired) electrons. The molecule has 2 aromatic carbocycles. The molecular formula is C17H19O4P. The first kappa shape index (κ1) is 16.6. The van der Waals surface area contributed by atoms with Gasteiger partial charge in [0, 0.05) is 10.9 Å². The van der Waals surface area contributed by atoms with E-state index in [0.29, 0.717) is 10.9 Å². The summed E-state index contributed by atoms with van der Waals surface area (Å²) in [4.78, 5) is 17.6. The highest BCUT2D eigenvalue weighted by Gasteiger charge is 2.38. The molecule has 1 atom stereocenters. The van der Waals surface area contributed by atoms with Crippen molar-refractivity contribution in [1.82, 2.24) is 0 Å². The van der Waals surface area contributed by atoms with Crippen LogP contribution >= 0.6 is 7.37 Å². The van der Waals surface area contributed by atoms with Crippen LogP contribution in [0.1, 0.15) is 27.0 Å². The number of carbonyl (C=O) groups is 1. The Hall–Kier alpha value is -1.74. The fourth-order valence-corrected chi connectivity index (χ4v) is 4.40. The lowest BCUT2D eigenvalue weighted by Gasteiger charge is -2.18. The Balaban J connectivity index is 2.60. The van der Waals surface area contributed by atoms with Crippen LogP contribution in [-0.4, -0.2) is 12.6 Å². The second-order valence-corrected chi connectivity index (χ2v) is 7.38. The standard InChI is InChI=1S/C17H19O4P/c1-12-10-13(2)16(14(3)11-12)17(18)22(19,21-20-4)15-8-6-5-7-9-15/h5-11H,1-4H3. The SMILES string of the molecule is COOP(=O)(C(=O)c1c(C)cc(C)cc1C)c1ccccc1. The molecule has 5 heteroatoms. The van der Waals surface area contributed by atoms with Crippen molar-refractivity contribution in [1.29, 1.82) is 0 Å². The minimum Gasteiger partial charge on any atom is -0.282 e. The zero-order valence-electron chi connectivity index (χ0n) is 13.1. The molecule has 0 saturated heterocycles. The van der Waals surface area contributed by atoms with Crippen molar-refractivity contribution in [2.24, 2.45) is 0 Å². The van der Waals surface area contributed by atoms with Gasteiger partial charge in [0.1, 0.15) is 0 Å². The zero-order valence-corrected chi connectivity index (χ0v) is 14.0. The van der Waals surface area contributed by atoms with Gasteiger partial charge in [0.15, 0.2) is 0 Å². The predicted octanol–water partition coefficient (Wildman–Crippen LogP) is 3.93. The van der Waals surface area contributed by atoms with E-state index in [1.165, 1.54) is 7.11 Å². The van der Waals surface area contributed by atoms with E-state index in [0.717, 1.165) is 16.7 Å². The minimum atomic E-state index is -3.81. The van der Waals surface area contributed by atoms with Crippen LogP contribution in [0.15, 0.2) is 42.5 Å². The third-order valence-corrected chi connectivity index (χ3v) is 5.53. The molecule has 0 aliphatic carbocycles. The Morgan fingerprint density at radius 3 is 2.05 bits per heavy atom. The van der Waals surface area contributed by atoms with E-state index in [1.807, 2.05) is 32.9 Å². The molecule has 2 rings (SSSR count). The van der Waals surface area contributed by atoms with Crippen molar-refractivity contribution in [3.63, 3.8) is 0 Å². The fraction of sp³-hybridized carbons (Fsp3) is 0.235. The van der Waals surface area contributed by atoms with Crippen LogP contribution in [0.4, 0.5) is 0 Å². The molecule has 4 nitrogen and oxygen atoms in total. The molecule has 0 saturated carbocycles. The van der Waals surface area contributed by atoms with Crippen molar-refractivity contribution in [3.8, 4) is 0 Å². The molecule has 116 valence electrons. The summed E-state index contributed by atoms with van der Waals surface area (Å²) in [5.74, 6) is 0. The lowest BCUT2D eigenvalue weighted by atomic mass is 10.0. The Labute approximate surface area is 130 Å². The van der Waals surface area contributed by atoms with Crippen molar-refractivity contribution in [2.75, 3.05) is 7.11 Å². The van der Waals surface area contributed by atoms with Crippen LogP contribution in [0, 0.1) is 20.8 Å². The van der Waals surface area contributed by atoms with E-state index >= 15 is 0 Å². The molecule has 2 aromatic rings. The second kappa shape index (κ2) is 6.57. The average molecular weight is 318 g/mol. The quantitative estimate of drug-likeness (QED) is 0.476. The van der Waals surface area contributed by atoms with Gasteiger partial charge in [-0.1, -0.05) is 35.9 Å². The Bertz CT molecular complexity index is 715. The lowest BCUT2D eigenvalue weighted by molar-refractivity contribution is -0.173. The summed E-state index contributed by atoms with van der Waals surface area (Å²) in [5, 5.41) is 0.321. The Morgan fingerprint density at radius 2 is 1.55 bits per heavy atom. The molecule has 0 heterocycles. The van der Waals surface area contributed by atoms with Crippen LogP contribution < -0.4 is 5.30 Å². The van der Waals surface area contributed by atoms with Gasteiger partial charge in [0.05, 0.1) is 7.11 Å². The maximum atomic E-state index is 13.2. The topological polar surface area (TPSA) is 52.6 Å². The fourth-order valence-electron chi connectivity index (χ4n) is 2.59. The van der Waals surface area contributed by atoms with Crippen LogP contribution in [0.25, 0.3) is 0 Å². The van der Waals surface area contributed by atoms with E-state index in [2.05, 4.69) is 4.89 Å².